The summed E-state index contributed by atoms with van der Waals surface area (Å²) in [5.74, 6) is -0.684. The molecule has 2 aromatic carbocycles. The molecule has 1 N–H and O–H groups in total. The van der Waals surface area contributed by atoms with Gasteiger partial charge in [0.1, 0.15) is 10.7 Å². The summed E-state index contributed by atoms with van der Waals surface area (Å²) in [7, 11) is -3.91. The highest BCUT2D eigenvalue weighted by Gasteiger charge is 2.21. The van der Waals surface area contributed by atoms with Crippen LogP contribution in [-0.4, -0.2) is 20.9 Å². The van der Waals surface area contributed by atoms with E-state index in [9.17, 15) is 17.6 Å². The number of carbonyl (C=O) groups is 1. The van der Waals surface area contributed by atoms with E-state index < -0.39 is 15.8 Å². The van der Waals surface area contributed by atoms with E-state index >= 15 is 0 Å². The summed E-state index contributed by atoms with van der Waals surface area (Å²) in [4.78, 5) is 13.0. The van der Waals surface area contributed by atoms with Gasteiger partial charge in [-0.1, -0.05) is 24.3 Å². The number of nitrogens with zero attached hydrogens (tertiary/aromatic N) is 1. The van der Waals surface area contributed by atoms with Crippen LogP contribution in [0.1, 0.15) is 18.4 Å². The molecule has 24 heavy (non-hydrogen) atoms. The van der Waals surface area contributed by atoms with Gasteiger partial charge in [0.05, 0.1) is 0 Å². The van der Waals surface area contributed by atoms with Crippen molar-refractivity contribution in [2.75, 3.05) is 11.4 Å². The van der Waals surface area contributed by atoms with Crippen molar-refractivity contribution in [1.29, 1.82) is 0 Å². The normalized spacial score (nSPS) is 15.0. The Balaban J connectivity index is 1.69. The summed E-state index contributed by atoms with van der Waals surface area (Å²) in [6.45, 7) is 0.753. The monoisotopic (exact) mass is 348 g/mol. The van der Waals surface area contributed by atoms with Crippen LogP contribution in [-0.2, 0) is 21.4 Å². The summed E-state index contributed by atoms with van der Waals surface area (Å²) in [5.41, 5.74) is 1.53. The van der Waals surface area contributed by atoms with Crippen molar-refractivity contribution in [1.82, 2.24) is 4.72 Å². The van der Waals surface area contributed by atoms with Gasteiger partial charge in [-0.3, -0.25) is 4.79 Å². The van der Waals surface area contributed by atoms with E-state index in [1.54, 1.807) is 29.2 Å². The molecule has 3 rings (SSSR count). The number of sulfonamides is 1. The summed E-state index contributed by atoms with van der Waals surface area (Å²) >= 11 is 0. The molecule has 1 fully saturated rings. The molecule has 126 valence electrons. The first-order valence-corrected chi connectivity index (χ1v) is 9.09. The molecule has 2 aromatic rings. The topological polar surface area (TPSA) is 66.5 Å². The highest BCUT2D eigenvalue weighted by atomic mass is 32.2. The van der Waals surface area contributed by atoms with Crippen LogP contribution in [0.2, 0.25) is 0 Å². The van der Waals surface area contributed by atoms with E-state index in [4.69, 9.17) is 0 Å². The van der Waals surface area contributed by atoms with Crippen LogP contribution < -0.4 is 9.62 Å². The van der Waals surface area contributed by atoms with E-state index in [-0.39, 0.29) is 17.3 Å². The number of carbonyl (C=O) groups excluding carboxylic acids is 1. The highest BCUT2D eigenvalue weighted by molar-refractivity contribution is 7.89. The van der Waals surface area contributed by atoms with Crippen molar-refractivity contribution >= 4 is 21.6 Å². The Kier molecular flexibility index (Phi) is 4.64. The maximum Gasteiger partial charge on any atom is 0.243 e. The van der Waals surface area contributed by atoms with Gasteiger partial charge in [0.2, 0.25) is 15.9 Å². The largest absolute Gasteiger partial charge is 0.312 e. The fraction of sp³-hybridized carbons (Fsp3) is 0.235. The second-order valence-corrected chi connectivity index (χ2v) is 7.31. The standard InChI is InChI=1S/C17H17FN2O3S/c18-15-4-1-2-5-16(15)24(22,23)19-12-13-7-9-14(10-8-13)20-11-3-6-17(20)21/h1-2,4-5,7-10,19H,3,6,11-12H2. The first-order chi connectivity index (χ1) is 11.5. The molecule has 0 bridgehead atoms. The number of hydrogen-bond acceptors (Lipinski definition) is 3. The Morgan fingerprint density at radius 3 is 2.42 bits per heavy atom. The zero-order valence-electron chi connectivity index (χ0n) is 12.9. The molecule has 0 spiro atoms. The van der Waals surface area contributed by atoms with E-state index in [1.807, 2.05) is 0 Å². The average molecular weight is 348 g/mol. The quantitative estimate of drug-likeness (QED) is 0.902. The number of halogens is 1. The van der Waals surface area contributed by atoms with E-state index in [0.29, 0.717) is 13.0 Å². The van der Waals surface area contributed by atoms with Gasteiger partial charge in [0.25, 0.3) is 0 Å². The Morgan fingerprint density at radius 1 is 1.08 bits per heavy atom. The molecular weight excluding hydrogens is 331 g/mol. The summed E-state index contributed by atoms with van der Waals surface area (Å²) < 4.78 is 40.3. The lowest BCUT2D eigenvalue weighted by atomic mass is 10.2. The lowest BCUT2D eigenvalue weighted by Gasteiger charge is -2.16. The first-order valence-electron chi connectivity index (χ1n) is 7.61. The van der Waals surface area contributed by atoms with Gasteiger partial charge in [-0.15, -0.1) is 0 Å². The smallest absolute Gasteiger partial charge is 0.243 e. The van der Waals surface area contributed by atoms with Gasteiger partial charge >= 0.3 is 0 Å². The van der Waals surface area contributed by atoms with Crippen LogP contribution in [0.4, 0.5) is 10.1 Å². The van der Waals surface area contributed by atoms with Gasteiger partial charge in [0.15, 0.2) is 0 Å². The fourth-order valence-electron chi connectivity index (χ4n) is 2.63. The number of hydrogen-bond donors (Lipinski definition) is 1. The van der Waals surface area contributed by atoms with Gasteiger partial charge in [-0.05, 0) is 36.2 Å². The molecular formula is C17H17FN2O3S. The maximum absolute atomic E-state index is 13.6. The zero-order chi connectivity index (χ0) is 17.2. The SMILES string of the molecule is O=C1CCCN1c1ccc(CNS(=O)(=O)c2ccccc2F)cc1. The molecule has 1 aliphatic rings. The van der Waals surface area contributed by atoms with Crippen molar-refractivity contribution in [2.45, 2.75) is 24.3 Å². The second-order valence-electron chi connectivity index (χ2n) is 5.57. The fourth-order valence-corrected chi connectivity index (χ4v) is 3.73. The minimum Gasteiger partial charge on any atom is -0.312 e. The van der Waals surface area contributed by atoms with Crippen LogP contribution in [0, 0.1) is 5.82 Å². The number of rotatable bonds is 5. The van der Waals surface area contributed by atoms with Gasteiger partial charge in [0, 0.05) is 25.2 Å². The highest BCUT2D eigenvalue weighted by Crippen LogP contribution is 2.22. The molecule has 1 amide bonds. The van der Waals surface area contributed by atoms with E-state index in [0.717, 1.165) is 23.7 Å². The Hall–Kier alpha value is -2.25. The minimum absolute atomic E-state index is 0.0465. The minimum atomic E-state index is -3.91. The zero-order valence-corrected chi connectivity index (χ0v) is 13.7. The Morgan fingerprint density at radius 2 is 1.79 bits per heavy atom. The molecule has 5 nitrogen and oxygen atoms in total. The van der Waals surface area contributed by atoms with Crippen LogP contribution in [0.5, 0.6) is 0 Å². The third kappa shape index (κ3) is 3.47. The van der Waals surface area contributed by atoms with Crippen LogP contribution in [0.15, 0.2) is 53.4 Å². The van der Waals surface area contributed by atoms with E-state index in [2.05, 4.69) is 4.72 Å². The number of benzene rings is 2. The summed E-state index contributed by atoms with van der Waals surface area (Å²) in [6.07, 6.45) is 1.41. The van der Waals surface area contributed by atoms with Crippen LogP contribution >= 0.6 is 0 Å². The molecule has 0 saturated carbocycles. The predicted octanol–water partition coefficient (Wildman–Crippen LogP) is 2.43. The second kappa shape index (κ2) is 6.70. The van der Waals surface area contributed by atoms with E-state index in [1.165, 1.54) is 18.2 Å². The van der Waals surface area contributed by atoms with Crippen molar-refractivity contribution < 1.29 is 17.6 Å². The van der Waals surface area contributed by atoms with Gasteiger partial charge < -0.3 is 4.90 Å². The molecule has 7 heteroatoms. The molecule has 1 aliphatic heterocycles. The molecule has 0 atom stereocenters. The summed E-state index contributed by atoms with van der Waals surface area (Å²) in [6, 6.07) is 12.3. The Labute approximate surface area is 140 Å². The molecule has 1 saturated heterocycles. The van der Waals surface area contributed by atoms with Crippen molar-refractivity contribution in [3.63, 3.8) is 0 Å². The molecule has 0 aromatic heterocycles. The molecule has 1 heterocycles. The summed E-state index contributed by atoms with van der Waals surface area (Å²) in [5, 5.41) is 0. The van der Waals surface area contributed by atoms with Crippen molar-refractivity contribution in [3.05, 3.63) is 59.9 Å². The maximum atomic E-state index is 13.6. The lowest BCUT2D eigenvalue weighted by Crippen LogP contribution is -2.25. The number of anilines is 1. The predicted molar refractivity (Wildman–Crippen MR) is 88.5 cm³/mol. The molecule has 0 aliphatic carbocycles. The van der Waals surface area contributed by atoms with Crippen LogP contribution in [0.25, 0.3) is 0 Å². The third-order valence-corrected chi connectivity index (χ3v) is 5.35. The average Bonchev–Trinajstić information content (AvgIpc) is 3.00. The Bertz CT molecular complexity index is 850. The van der Waals surface area contributed by atoms with Gasteiger partial charge in [-0.2, -0.15) is 0 Å². The number of nitrogens with one attached hydrogen (secondary N) is 1. The third-order valence-electron chi connectivity index (χ3n) is 3.91. The lowest BCUT2D eigenvalue weighted by molar-refractivity contribution is -0.117. The molecule has 0 radical (unpaired) electrons. The van der Waals surface area contributed by atoms with Crippen LogP contribution in [0.3, 0.4) is 0 Å². The van der Waals surface area contributed by atoms with Crippen molar-refractivity contribution in [2.24, 2.45) is 0 Å². The molecule has 0 unspecified atom stereocenters. The number of amides is 1. The van der Waals surface area contributed by atoms with Gasteiger partial charge in [-0.25, -0.2) is 17.5 Å². The first kappa shape index (κ1) is 16.6. The van der Waals surface area contributed by atoms with Crippen molar-refractivity contribution in [3.8, 4) is 0 Å².